The summed E-state index contributed by atoms with van der Waals surface area (Å²) in [6.45, 7) is 47.1. The van der Waals surface area contributed by atoms with Crippen LogP contribution in [-0.4, -0.2) is 275 Å². The molecule has 7 amide bonds. The Kier molecular flexibility index (Phi) is 39.7. The van der Waals surface area contributed by atoms with Crippen LogP contribution >= 0.6 is 70.8 Å². The number of halogens is 5. The summed E-state index contributed by atoms with van der Waals surface area (Å²) >= 11 is 36.3. The molecule has 8 aliphatic heterocycles. The van der Waals surface area contributed by atoms with Crippen molar-refractivity contribution in [2.24, 2.45) is 0 Å². The SMILES string of the molecule is Cc1cc(Cl)nc(C)c1C(=O)NCCC(C)N1CCC(N2C(=S)N(C(C)C)CC2c2cccc(Cl)c2)CC1.Cc1cc(Cl)nc(C)c1C(=O)NCCC(C)N1CCC(N2C(=S)OC[C@H]2c2ccccc2)CC1.Cc1cc(F)nc(C)c1C(=O)NCCC(C)N1CCC(N2C(=O)N(C(C)(C)C)CC2c2cccc(Cl)c2)CC1.Cc1cccc(C)c1C(=O)NCCC(C)N1CCC(N2C(=O)OC[C@H]2c2ccccc2)CC1. The lowest BCUT2D eigenvalue weighted by Crippen LogP contribution is -2.51. The Balaban J connectivity index is 0.000000161. The third kappa shape index (κ3) is 28.2. The molecule has 0 radical (unpaired) electrons. The molecule has 5 aromatic carbocycles. The van der Waals surface area contributed by atoms with Crippen molar-refractivity contribution in [2.45, 2.75) is 279 Å². The first-order chi connectivity index (χ1) is 68.7. The fourth-order valence-electron chi connectivity index (χ4n) is 22.2. The Bertz CT molecular complexity index is 5670. The number of pyridine rings is 3. The van der Waals surface area contributed by atoms with Crippen LogP contribution in [0.25, 0.3) is 0 Å². The fourth-order valence-corrected chi connectivity index (χ4v) is 24.1. The molecular formula is C112H148Cl4FN17O8S2. The van der Waals surface area contributed by atoms with Gasteiger partial charge in [-0.1, -0.05) is 150 Å². The number of aromatic nitrogens is 3. The largest absolute Gasteiger partial charge is 0.468 e. The van der Waals surface area contributed by atoms with Crippen molar-refractivity contribution in [1.82, 2.24) is 85.2 Å². The highest BCUT2D eigenvalue weighted by molar-refractivity contribution is 7.80. The van der Waals surface area contributed by atoms with E-state index in [1.54, 1.807) is 26.0 Å². The number of nitrogens with zero attached hydrogens (tertiary/aromatic N) is 13. The first-order valence-corrected chi connectivity index (χ1v) is 53.8. The number of cyclic esters (lactones) is 1. The molecule has 16 rings (SSSR count). The average Bonchev–Trinajstić information content (AvgIpc) is 1.61. The summed E-state index contributed by atoms with van der Waals surface area (Å²) in [6, 6.07) is 50.9. The van der Waals surface area contributed by atoms with Gasteiger partial charge in [0.05, 0.1) is 57.9 Å². The standard InChI is InChI=1S/C30H41ClFN5O2.C29H39Cl2N5OS.C27H35N3O3.C26H33ClN4O2S/c1-19-16-26(32)34-21(3)27(19)28(38)33-13-10-20(2)35-14-11-24(12-15-35)37-25(22-8-7-9-23(31)17-22)18-36(29(37)39)30(4,5)6;1-18(2)35-17-25(22-7-6-8-23(30)16-22)36(29(35)38)24-10-13-34(14-11-24)20(4)9-12-32-28(37)27-19(3)15-26(31)33-21(27)5;1-19-8-7-9-20(2)25(19)26(31)28-15-12-21(3)29-16-13-23(14-17-29)30-24(18-33-27(30)32)22-10-5-4-6-11-22;1-17-15-23(27)29-19(3)24(17)25(32)28-12-9-18(2)30-13-10-21(11-14-30)31-22(16-33-26(31)34)20-7-5-4-6-8-20/h7-9,16-17,20,24-25H,10-15,18H2,1-6H3,(H,33,38);6-8,15-16,18,20,24-25H,9-14,17H2,1-5H3,(H,32,37);4-11,21,23-24H,12-18H2,1-3H3,(H,28,31);4-8,15,18,21-22H,9-14,16H2,1-3H3,(H,28,32)/t;;21?,24-;18?,22-/m..00/s1. The zero-order valence-electron chi connectivity index (χ0n) is 86.9. The van der Waals surface area contributed by atoms with Crippen LogP contribution in [0.5, 0.6) is 0 Å². The van der Waals surface area contributed by atoms with Crippen molar-refractivity contribution >= 4 is 117 Å². The number of aryl methyl sites for hydroxylation is 8. The van der Waals surface area contributed by atoms with Gasteiger partial charge < -0.3 is 74.8 Å². The van der Waals surface area contributed by atoms with Crippen LogP contribution in [0, 0.1) is 61.3 Å². The molecule has 25 nitrogen and oxygen atoms in total. The molecule has 32 heteroatoms. The average molecular weight is 2090 g/mol. The fraction of sp³-hybridized carbons (Fsp3) is 0.527. The number of carbonyl (C=O) groups is 6. The van der Waals surface area contributed by atoms with Crippen molar-refractivity contribution in [3.8, 4) is 0 Å². The topological polar surface area (TPSA) is 240 Å². The maximum Gasteiger partial charge on any atom is 0.410 e. The van der Waals surface area contributed by atoms with Crippen LogP contribution in [0.15, 0.2) is 146 Å². The van der Waals surface area contributed by atoms with Crippen LogP contribution in [0.2, 0.25) is 20.4 Å². The molecule has 0 bridgehead atoms. The summed E-state index contributed by atoms with van der Waals surface area (Å²) in [4.78, 5) is 112. The number of nitrogens with one attached hydrogen (secondary N) is 4. The van der Waals surface area contributed by atoms with Gasteiger partial charge in [0, 0.05) is 167 Å². The predicted octanol–water partition coefficient (Wildman–Crippen LogP) is 20.9. The molecule has 0 aliphatic carbocycles. The number of amides is 7. The van der Waals surface area contributed by atoms with E-state index in [2.05, 4.69) is 192 Å². The number of urea groups is 1. The zero-order chi connectivity index (χ0) is 104. The molecular weight excluding hydrogens is 1940 g/mol. The summed E-state index contributed by atoms with van der Waals surface area (Å²) in [6.07, 6.45) is 11.2. The number of likely N-dealkylation sites (tertiary alicyclic amines) is 4. The van der Waals surface area contributed by atoms with Crippen molar-refractivity contribution in [3.05, 3.63) is 261 Å². The Morgan fingerprint density at radius 1 is 0.403 bits per heavy atom. The molecule has 8 fully saturated rings. The second-order valence-electron chi connectivity index (χ2n) is 41.4. The van der Waals surface area contributed by atoms with Crippen LogP contribution in [-0.2, 0) is 9.47 Å². The summed E-state index contributed by atoms with van der Waals surface area (Å²) < 4.78 is 24.7. The lowest BCUT2D eigenvalue weighted by molar-refractivity contribution is 0.0859. The molecule has 8 saturated heterocycles. The van der Waals surface area contributed by atoms with E-state index < -0.39 is 5.95 Å². The molecule has 3 aromatic heterocycles. The number of rotatable bonds is 29. The van der Waals surface area contributed by atoms with Gasteiger partial charge in [0.15, 0.2) is 5.11 Å². The highest BCUT2D eigenvalue weighted by atomic mass is 35.5. The minimum atomic E-state index is -0.570. The van der Waals surface area contributed by atoms with E-state index >= 15 is 0 Å². The molecule has 0 spiro atoms. The molecule has 776 valence electrons. The van der Waals surface area contributed by atoms with Gasteiger partial charge in [-0.25, -0.2) is 24.5 Å². The summed E-state index contributed by atoms with van der Waals surface area (Å²) in [5.41, 5.74) is 13.0. The number of piperidine rings is 4. The normalized spacial score (nSPS) is 20.2. The van der Waals surface area contributed by atoms with Crippen LogP contribution in [0.3, 0.4) is 0 Å². The summed E-state index contributed by atoms with van der Waals surface area (Å²) in [7, 11) is 0. The second kappa shape index (κ2) is 51.3. The highest BCUT2D eigenvalue weighted by Gasteiger charge is 2.49. The molecule has 6 unspecified atom stereocenters. The minimum absolute atomic E-state index is 0.00721. The van der Waals surface area contributed by atoms with E-state index in [0.717, 1.165) is 185 Å². The molecule has 8 aromatic rings. The van der Waals surface area contributed by atoms with E-state index in [4.69, 9.17) is 80.3 Å². The van der Waals surface area contributed by atoms with Crippen molar-refractivity contribution in [1.29, 1.82) is 0 Å². The maximum atomic E-state index is 13.7. The summed E-state index contributed by atoms with van der Waals surface area (Å²) in [5.74, 6) is -0.944. The van der Waals surface area contributed by atoms with Gasteiger partial charge in [0.25, 0.3) is 28.8 Å². The van der Waals surface area contributed by atoms with Gasteiger partial charge in [-0.2, -0.15) is 4.39 Å². The van der Waals surface area contributed by atoms with E-state index in [9.17, 15) is 33.2 Å². The number of hydrogen-bond donors (Lipinski definition) is 4. The predicted molar refractivity (Wildman–Crippen MR) is 581 cm³/mol. The Morgan fingerprint density at radius 3 is 1.12 bits per heavy atom. The molecule has 144 heavy (non-hydrogen) atoms. The van der Waals surface area contributed by atoms with Crippen molar-refractivity contribution in [2.75, 3.05) is 105 Å². The Morgan fingerprint density at radius 2 is 0.743 bits per heavy atom. The number of thiocarbonyl (C=S) groups is 2. The summed E-state index contributed by atoms with van der Waals surface area (Å²) in [5, 5.41) is 16.1. The number of carbonyl (C=O) groups excluding carboxylic acids is 6. The van der Waals surface area contributed by atoms with E-state index in [1.807, 2.05) is 124 Å². The van der Waals surface area contributed by atoms with Crippen molar-refractivity contribution in [3.63, 3.8) is 0 Å². The lowest BCUT2D eigenvalue weighted by atomic mass is 9.97. The first-order valence-electron chi connectivity index (χ1n) is 51.5. The van der Waals surface area contributed by atoms with E-state index in [1.165, 1.54) is 17.2 Å². The number of hydrogen-bond acceptors (Lipinski definition) is 17. The third-order valence-corrected chi connectivity index (χ3v) is 32.0. The molecule has 8 atom stereocenters. The van der Waals surface area contributed by atoms with E-state index in [0.29, 0.717) is 142 Å². The molecule has 11 heterocycles. The minimum Gasteiger partial charge on any atom is -0.468 e. The van der Waals surface area contributed by atoms with Crippen molar-refractivity contribution < 1.29 is 42.6 Å². The monoisotopic (exact) mass is 2080 g/mol. The highest BCUT2D eigenvalue weighted by Crippen LogP contribution is 2.43. The third-order valence-electron chi connectivity index (χ3n) is 30.3. The van der Waals surface area contributed by atoms with Gasteiger partial charge >= 0.3 is 12.1 Å². The molecule has 4 N–H and O–H groups in total. The molecule has 0 saturated carbocycles. The second-order valence-corrected chi connectivity index (χ2v) is 43.8. The van der Waals surface area contributed by atoms with Gasteiger partial charge in [-0.3, -0.25) is 24.1 Å². The van der Waals surface area contributed by atoms with Crippen LogP contribution in [0.1, 0.15) is 272 Å². The lowest BCUT2D eigenvalue weighted by Gasteiger charge is -2.42. The maximum absolute atomic E-state index is 13.7. The first kappa shape index (κ1) is 111. The Hall–Kier alpha value is -9.72. The quantitative estimate of drug-likeness (QED) is 0.0252. The Labute approximate surface area is 883 Å². The van der Waals surface area contributed by atoms with Gasteiger partial charge in [0.1, 0.15) is 23.5 Å². The number of benzene rings is 5. The molecule has 8 aliphatic rings. The van der Waals surface area contributed by atoms with Crippen LogP contribution < -0.4 is 21.3 Å². The van der Waals surface area contributed by atoms with Crippen LogP contribution in [0.4, 0.5) is 14.0 Å². The smallest absolute Gasteiger partial charge is 0.410 e. The van der Waals surface area contributed by atoms with Gasteiger partial charge in [0.2, 0.25) is 5.95 Å². The van der Waals surface area contributed by atoms with Gasteiger partial charge in [-0.15, -0.1) is 0 Å². The van der Waals surface area contributed by atoms with E-state index in [-0.39, 0.29) is 83.6 Å². The zero-order valence-corrected chi connectivity index (χ0v) is 91.6. The van der Waals surface area contributed by atoms with Gasteiger partial charge in [-0.05, 0) is 312 Å². The number of ether oxygens (including phenoxy) is 2.